The van der Waals surface area contributed by atoms with E-state index in [0.29, 0.717) is 0 Å². The van der Waals surface area contributed by atoms with Crippen LogP contribution in [0.4, 0.5) is 13.2 Å². The lowest BCUT2D eigenvalue weighted by molar-refractivity contribution is -0.138. The highest BCUT2D eigenvalue weighted by atomic mass is 19.4. The Labute approximate surface area is 94.7 Å². The van der Waals surface area contributed by atoms with Crippen molar-refractivity contribution in [1.29, 1.82) is 10.5 Å². The molecule has 0 unspecified atom stereocenters. The average Bonchev–Trinajstić information content (AvgIpc) is 2.26. The van der Waals surface area contributed by atoms with Crippen LogP contribution in [-0.2, 0) is 12.6 Å². The largest absolute Gasteiger partial charge is 0.418 e. The van der Waals surface area contributed by atoms with Crippen LogP contribution < -0.4 is 0 Å². The molecule has 0 saturated carbocycles. The molecular formula is C11H5F3N2O. The van der Waals surface area contributed by atoms with Crippen molar-refractivity contribution in [2.45, 2.75) is 12.6 Å². The summed E-state index contributed by atoms with van der Waals surface area (Å²) in [5.41, 5.74) is -2.31. The fraction of sp³-hybridized carbons (Fsp3) is 0.182. The summed E-state index contributed by atoms with van der Waals surface area (Å²) in [7, 11) is 0. The monoisotopic (exact) mass is 238 g/mol. The van der Waals surface area contributed by atoms with Gasteiger partial charge in [-0.3, -0.25) is 4.79 Å². The van der Waals surface area contributed by atoms with E-state index in [1.165, 1.54) is 6.07 Å². The van der Waals surface area contributed by atoms with Crippen LogP contribution in [-0.4, -0.2) is 6.29 Å². The topological polar surface area (TPSA) is 64.7 Å². The van der Waals surface area contributed by atoms with E-state index in [1.807, 2.05) is 0 Å². The van der Waals surface area contributed by atoms with Crippen molar-refractivity contribution in [3.63, 3.8) is 0 Å². The van der Waals surface area contributed by atoms with Crippen molar-refractivity contribution in [3.8, 4) is 12.1 Å². The second-order valence-corrected chi connectivity index (χ2v) is 3.17. The standard InChI is InChI=1S/C11H5F3N2O/c12-11(13,14)10-8(5-16)3-7(1-2-15)4-9(10)6-17/h3-4,6H,1H2. The second-order valence-electron chi connectivity index (χ2n) is 3.17. The second kappa shape index (κ2) is 4.67. The third-order valence-corrected chi connectivity index (χ3v) is 2.04. The molecular weight excluding hydrogens is 233 g/mol. The normalized spacial score (nSPS) is 10.4. The van der Waals surface area contributed by atoms with Crippen LogP contribution in [0, 0.1) is 22.7 Å². The molecule has 6 heteroatoms. The summed E-state index contributed by atoms with van der Waals surface area (Å²) in [4.78, 5) is 10.6. The maximum atomic E-state index is 12.6. The number of nitrogens with zero attached hydrogens (tertiary/aromatic N) is 2. The summed E-state index contributed by atoms with van der Waals surface area (Å²) in [6.45, 7) is 0. The zero-order chi connectivity index (χ0) is 13.1. The van der Waals surface area contributed by atoms with Crippen LogP contribution in [0.5, 0.6) is 0 Å². The Hall–Kier alpha value is -2.34. The van der Waals surface area contributed by atoms with Gasteiger partial charge in [-0.2, -0.15) is 23.7 Å². The van der Waals surface area contributed by atoms with Crippen molar-refractivity contribution in [1.82, 2.24) is 0 Å². The third-order valence-electron chi connectivity index (χ3n) is 2.04. The van der Waals surface area contributed by atoms with E-state index < -0.39 is 22.9 Å². The van der Waals surface area contributed by atoms with E-state index >= 15 is 0 Å². The number of carbonyl (C=O) groups is 1. The van der Waals surface area contributed by atoms with Gasteiger partial charge in [0, 0.05) is 5.56 Å². The molecule has 0 heterocycles. The molecule has 86 valence electrons. The SMILES string of the molecule is N#CCc1cc(C#N)c(C(F)(F)F)c(C=O)c1. The molecule has 0 radical (unpaired) electrons. The molecule has 0 amide bonds. The molecule has 1 aromatic carbocycles. The van der Waals surface area contributed by atoms with Crippen LogP contribution in [0.25, 0.3) is 0 Å². The number of alkyl halides is 3. The van der Waals surface area contributed by atoms with E-state index in [9.17, 15) is 18.0 Å². The van der Waals surface area contributed by atoms with Crippen LogP contribution in [0.15, 0.2) is 12.1 Å². The zero-order valence-corrected chi connectivity index (χ0v) is 8.38. The molecule has 0 atom stereocenters. The van der Waals surface area contributed by atoms with Crippen LogP contribution >= 0.6 is 0 Å². The Morgan fingerprint density at radius 2 is 1.94 bits per heavy atom. The smallest absolute Gasteiger partial charge is 0.298 e. The minimum atomic E-state index is -4.77. The predicted molar refractivity (Wildman–Crippen MR) is 50.9 cm³/mol. The maximum Gasteiger partial charge on any atom is 0.418 e. The number of rotatable bonds is 2. The number of carbonyl (C=O) groups excluding carboxylic acids is 1. The summed E-state index contributed by atoms with van der Waals surface area (Å²) in [6, 6.07) is 5.07. The quantitative estimate of drug-likeness (QED) is 0.743. The number of halogens is 3. The van der Waals surface area contributed by atoms with E-state index in [1.54, 1.807) is 6.07 Å². The third kappa shape index (κ3) is 2.61. The van der Waals surface area contributed by atoms with Gasteiger partial charge in [-0.05, 0) is 17.7 Å². The summed E-state index contributed by atoms with van der Waals surface area (Å²) in [5, 5.41) is 17.1. The average molecular weight is 238 g/mol. The Morgan fingerprint density at radius 3 is 2.35 bits per heavy atom. The molecule has 17 heavy (non-hydrogen) atoms. The molecule has 0 N–H and O–H groups in total. The van der Waals surface area contributed by atoms with Gasteiger partial charge in [0.15, 0.2) is 6.29 Å². The number of hydrogen-bond donors (Lipinski definition) is 0. The van der Waals surface area contributed by atoms with Crippen molar-refractivity contribution >= 4 is 6.29 Å². The van der Waals surface area contributed by atoms with E-state index in [2.05, 4.69) is 0 Å². The first-order valence-electron chi connectivity index (χ1n) is 4.40. The van der Waals surface area contributed by atoms with E-state index in [-0.39, 0.29) is 18.3 Å². The number of nitriles is 2. The first-order chi connectivity index (χ1) is 7.93. The minimum absolute atomic E-state index is 0.0323. The highest BCUT2D eigenvalue weighted by molar-refractivity contribution is 5.79. The van der Waals surface area contributed by atoms with E-state index in [0.717, 1.165) is 12.1 Å². The summed E-state index contributed by atoms with van der Waals surface area (Å²) < 4.78 is 37.9. The van der Waals surface area contributed by atoms with Gasteiger partial charge in [0.05, 0.1) is 29.7 Å². The number of hydrogen-bond acceptors (Lipinski definition) is 3. The first kappa shape index (κ1) is 12.7. The fourth-order valence-corrected chi connectivity index (χ4v) is 1.42. The lowest BCUT2D eigenvalue weighted by atomic mass is 9.97. The number of benzene rings is 1. The maximum absolute atomic E-state index is 12.6. The fourth-order valence-electron chi connectivity index (χ4n) is 1.42. The van der Waals surface area contributed by atoms with Crippen molar-refractivity contribution in [2.24, 2.45) is 0 Å². The molecule has 1 rings (SSSR count). The van der Waals surface area contributed by atoms with Gasteiger partial charge in [-0.1, -0.05) is 0 Å². The Bertz CT molecular complexity index is 535. The Kier molecular flexibility index (Phi) is 3.49. The zero-order valence-electron chi connectivity index (χ0n) is 8.38. The molecule has 1 aromatic rings. The molecule has 0 aliphatic carbocycles. The Morgan fingerprint density at radius 1 is 1.29 bits per heavy atom. The molecule has 0 fully saturated rings. The lowest BCUT2D eigenvalue weighted by Crippen LogP contribution is -2.12. The summed E-state index contributed by atoms with van der Waals surface area (Å²) >= 11 is 0. The molecule has 0 aliphatic heterocycles. The number of aldehydes is 1. The van der Waals surface area contributed by atoms with Crippen LogP contribution in [0.3, 0.4) is 0 Å². The van der Waals surface area contributed by atoms with Gasteiger partial charge < -0.3 is 0 Å². The molecule has 0 spiro atoms. The molecule has 0 saturated heterocycles. The Balaban J connectivity index is 3.56. The summed E-state index contributed by atoms with van der Waals surface area (Å²) in [6.07, 6.45) is -4.90. The van der Waals surface area contributed by atoms with Gasteiger partial charge in [0.1, 0.15) is 0 Å². The lowest BCUT2D eigenvalue weighted by Gasteiger charge is -2.12. The molecule has 0 aliphatic rings. The van der Waals surface area contributed by atoms with Gasteiger partial charge in [0.2, 0.25) is 0 Å². The van der Waals surface area contributed by atoms with Crippen LogP contribution in [0.1, 0.15) is 27.0 Å². The van der Waals surface area contributed by atoms with E-state index in [4.69, 9.17) is 10.5 Å². The van der Waals surface area contributed by atoms with Gasteiger partial charge in [-0.15, -0.1) is 0 Å². The van der Waals surface area contributed by atoms with Crippen molar-refractivity contribution < 1.29 is 18.0 Å². The predicted octanol–water partition coefficient (Wildman–Crippen LogP) is 2.46. The highest BCUT2D eigenvalue weighted by Gasteiger charge is 2.36. The molecule has 0 aromatic heterocycles. The minimum Gasteiger partial charge on any atom is -0.298 e. The van der Waals surface area contributed by atoms with Crippen LogP contribution in [0.2, 0.25) is 0 Å². The van der Waals surface area contributed by atoms with Gasteiger partial charge in [-0.25, -0.2) is 0 Å². The highest BCUT2D eigenvalue weighted by Crippen LogP contribution is 2.34. The molecule has 0 bridgehead atoms. The summed E-state index contributed by atoms with van der Waals surface area (Å²) in [5.74, 6) is 0. The molecule has 3 nitrogen and oxygen atoms in total. The van der Waals surface area contributed by atoms with Gasteiger partial charge in [0.25, 0.3) is 0 Å². The van der Waals surface area contributed by atoms with Gasteiger partial charge >= 0.3 is 6.18 Å². The first-order valence-corrected chi connectivity index (χ1v) is 4.40. The van der Waals surface area contributed by atoms with Crippen molar-refractivity contribution in [2.75, 3.05) is 0 Å². The van der Waals surface area contributed by atoms with Crippen molar-refractivity contribution in [3.05, 3.63) is 34.4 Å².